The molecule has 2 amide bonds. The van der Waals surface area contributed by atoms with E-state index < -0.39 is 11.4 Å². The largest absolute Gasteiger partial charge is 0.481 e. The number of aliphatic carboxylic acids is 1. The summed E-state index contributed by atoms with van der Waals surface area (Å²) in [5, 5.41) is 12.0. The Morgan fingerprint density at radius 2 is 1.89 bits per heavy atom. The van der Waals surface area contributed by atoms with E-state index in [4.69, 9.17) is 0 Å². The molecule has 0 aliphatic carbocycles. The van der Waals surface area contributed by atoms with Gasteiger partial charge in [0.25, 0.3) is 0 Å². The maximum atomic E-state index is 12.0. The smallest absolute Gasteiger partial charge is 0.317 e. The van der Waals surface area contributed by atoms with Gasteiger partial charge < -0.3 is 15.3 Å². The van der Waals surface area contributed by atoms with Gasteiger partial charge in [-0.25, -0.2) is 4.79 Å². The standard InChI is InChI=1S/C13H26N2O3S/c1-6-13(7-2,11(16)17)9-14-12(18)15(4)10(3)8-19-5/h10H,6-9H2,1-5H3,(H,14,18)(H,16,17). The molecule has 19 heavy (non-hydrogen) atoms. The van der Waals surface area contributed by atoms with Crippen LogP contribution in [0.15, 0.2) is 0 Å². The molecule has 0 aliphatic rings. The van der Waals surface area contributed by atoms with Crippen LogP contribution in [0.25, 0.3) is 0 Å². The van der Waals surface area contributed by atoms with Gasteiger partial charge in [0.2, 0.25) is 0 Å². The summed E-state index contributed by atoms with van der Waals surface area (Å²) in [6.07, 6.45) is 3.00. The molecule has 6 heteroatoms. The van der Waals surface area contributed by atoms with Crippen molar-refractivity contribution in [3.8, 4) is 0 Å². The number of amides is 2. The van der Waals surface area contributed by atoms with Gasteiger partial charge in [-0.15, -0.1) is 0 Å². The van der Waals surface area contributed by atoms with Crippen LogP contribution >= 0.6 is 11.8 Å². The van der Waals surface area contributed by atoms with Crippen molar-refractivity contribution in [2.45, 2.75) is 39.7 Å². The van der Waals surface area contributed by atoms with Crippen molar-refractivity contribution in [3.05, 3.63) is 0 Å². The SMILES string of the molecule is CCC(CC)(CNC(=O)N(C)C(C)CSC)C(=O)O. The van der Waals surface area contributed by atoms with Crippen LogP contribution in [0.2, 0.25) is 0 Å². The van der Waals surface area contributed by atoms with Gasteiger partial charge in [-0.05, 0) is 26.0 Å². The van der Waals surface area contributed by atoms with Gasteiger partial charge in [0.05, 0.1) is 5.41 Å². The number of hydrogen-bond acceptors (Lipinski definition) is 3. The van der Waals surface area contributed by atoms with Crippen LogP contribution in [0.4, 0.5) is 4.79 Å². The molecule has 0 aromatic rings. The lowest BCUT2D eigenvalue weighted by atomic mass is 9.82. The number of rotatable bonds is 8. The van der Waals surface area contributed by atoms with Crippen molar-refractivity contribution in [2.24, 2.45) is 5.41 Å². The summed E-state index contributed by atoms with van der Waals surface area (Å²) in [5.74, 6) is 0.00727. The molecule has 0 bridgehead atoms. The fourth-order valence-electron chi connectivity index (χ4n) is 1.80. The van der Waals surface area contributed by atoms with Crippen LogP contribution in [-0.2, 0) is 4.79 Å². The second-order valence-electron chi connectivity index (χ2n) is 4.87. The van der Waals surface area contributed by atoms with Gasteiger partial charge in [-0.3, -0.25) is 4.79 Å². The van der Waals surface area contributed by atoms with Crippen LogP contribution in [-0.4, -0.2) is 53.6 Å². The number of urea groups is 1. The molecule has 0 radical (unpaired) electrons. The zero-order valence-corrected chi connectivity index (χ0v) is 13.3. The highest BCUT2D eigenvalue weighted by Crippen LogP contribution is 2.25. The predicted molar refractivity (Wildman–Crippen MR) is 79.7 cm³/mol. The second-order valence-corrected chi connectivity index (χ2v) is 5.78. The topological polar surface area (TPSA) is 69.6 Å². The molecule has 0 fully saturated rings. The summed E-state index contributed by atoms with van der Waals surface area (Å²) < 4.78 is 0. The molecule has 1 unspecified atom stereocenters. The Morgan fingerprint density at radius 3 is 2.26 bits per heavy atom. The minimum Gasteiger partial charge on any atom is -0.481 e. The number of carboxylic acids is 1. The predicted octanol–water partition coefficient (Wildman–Crippen LogP) is 2.27. The molecule has 112 valence electrons. The summed E-state index contributed by atoms with van der Waals surface area (Å²) in [7, 11) is 1.73. The van der Waals surface area contributed by atoms with Gasteiger partial charge in [0.1, 0.15) is 0 Å². The zero-order valence-electron chi connectivity index (χ0n) is 12.5. The summed E-state index contributed by atoms with van der Waals surface area (Å²) in [6.45, 7) is 5.82. The highest BCUT2D eigenvalue weighted by Gasteiger charge is 2.35. The van der Waals surface area contributed by atoms with Gasteiger partial charge >= 0.3 is 12.0 Å². The first-order valence-electron chi connectivity index (χ1n) is 6.57. The van der Waals surface area contributed by atoms with E-state index in [9.17, 15) is 14.7 Å². The third-order valence-corrected chi connectivity index (χ3v) is 4.59. The van der Waals surface area contributed by atoms with Crippen LogP contribution in [0.3, 0.4) is 0 Å². The van der Waals surface area contributed by atoms with Crippen LogP contribution in [0.1, 0.15) is 33.6 Å². The minimum absolute atomic E-state index is 0.123. The van der Waals surface area contributed by atoms with Crippen molar-refractivity contribution >= 4 is 23.8 Å². The highest BCUT2D eigenvalue weighted by atomic mass is 32.2. The van der Waals surface area contributed by atoms with E-state index in [0.29, 0.717) is 12.8 Å². The van der Waals surface area contributed by atoms with Crippen molar-refractivity contribution in [2.75, 3.05) is 25.6 Å². The van der Waals surface area contributed by atoms with Crippen molar-refractivity contribution in [1.29, 1.82) is 0 Å². The normalized spacial score (nSPS) is 12.9. The van der Waals surface area contributed by atoms with Gasteiger partial charge in [-0.1, -0.05) is 13.8 Å². The molecule has 0 aromatic heterocycles. The van der Waals surface area contributed by atoms with Crippen LogP contribution < -0.4 is 5.32 Å². The van der Waals surface area contributed by atoms with Gasteiger partial charge in [0, 0.05) is 25.4 Å². The minimum atomic E-state index is -0.862. The summed E-state index contributed by atoms with van der Waals surface area (Å²) in [6, 6.07) is -0.0912. The van der Waals surface area contributed by atoms with E-state index in [0.717, 1.165) is 5.75 Å². The molecule has 0 aliphatic heterocycles. The van der Waals surface area contributed by atoms with E-state index in [2.05, 4.69) is 5.32 Å². The van der Waals surface area contributed by atoms with E-state index in [1.165, 1.54) is 0 Å². The van der Waals surface area contributed by atoms with Crippen LogP contribution in [0.5, 0.6) is 0 Å². The molecule has 5 nitrogen and oxygen atoms in total. The molecular weight excluding hydrogens is 264 g/mol. The zero-order chi connectivity index (χ0) is 15.1. The lowest BCUT2D eigenvalue weighted by Gasteiger charge is -2.30. The fraction of sp³-hybridized carbons (Fsp3) is 0.846. The third kappa shape index (κ3) is 4.93. The average Bonchev–Trinajstić information content (AvgIpc) is 2.39. The average molecular weight is 290 g/mol. The van der Waals surface area contributed by atoms with E-state index in [-0.39, 0.29) is 18.6 Å². The maximum Gasteiger partial charge on any atom is 0.317 e. The number of hydrogen-bond donors (Lipinski definition) is 2. The molecule has 2 N–H and O–H groups in total. The van der Waals surface area contributed by atoms with E-state index in [1.807, 2.05) is 27.0 Å². The first-order chi connectivity index (χ1) is 8.84. The molecule has 0 saturated heterocycles. The Kier molecular flexibility index (Phi) is 7.90. The number of carbonyl (C=O) groups is 2. The molecule has 1 atom stereocenters. The summed E-state index contributed by atoms with van der Waals surface area (Å²) >= 11 is 1.68. The molecule has 0 aromatic carbocycles. The maximum absolute atomic E-state index is 12.0. The van der Waals surface area contributed by atoms with Gasteiger partial charge in [0.15, 0.2) is 0 Å². The monoisotopic (exact) mass is 290 g/mol. The second kappa shape index (κ2) is 8.30. The first-order valence-corrected chi connectivity index (χ1v) is 7.97. The Balaban J connectivity index is 4.53. The summed E-state index contributed by atoms with van der Waals surface area (Å²) in [4.78, 5) is 24.9. The third-order valence-electron chi connectivity index (χ3n) is 3.77. The number of carboxylic acid groups (broad SMARTS) is 1. The number of carbonyl (C=O) groups excluding carboxylic acids is 1. The molecule has 0 saturated carbocycles. The Morgan fingerprint density at radius 1 is 1.37 bits per heavy atom. The quantitative estimate of drug-likeness (QED) is 0.719. The van der Waals surface area contributed by atoms with Crippen molar-refractivity contribution in [3.63, 3.8) is 0 Å². The van der Waals surface area contributed by atoms with Crippen LogP contribution in [0, 0.1) is 5.41 Å². The fourth-order valence-corrected chi connectivity index (χ4v) is 2.51. The molecule has 0 heterocycles. The Hall–Kier alpha value is -0.910. The molecule has 0 rings (SSSR count). The van der Waals surface area contributed by atoms with Gasteiger partial charge in [-0.2, -0.15) is 11.8 Å². The summed E-state index contributed by atoms with van der Waals surface area (Å²) in [5.41, 5.74) is -0.862. The number of thioether (sulfide) groups is 1. The number of nitrogens with zero attached hydrogens (tertiary/aromatic N) is 1. The lowest BCUT2D eigenvalue weighted by Crippen LogP contribution is -2.48. The molecular formula is C13H26N2O3S. The Bertz CT molecular complexity index is 306. The lowest BCUT2D eigenvalue weighted by molar-refractivity contribution is -0.149. The van der Waals surface area contributed by atoms with E-state index in [1.54, 1.807) is 23.7 Å². The van der Waals surface area contributed by atoms with Crippen molar-refractivity contribution < 1.29 is 14.7 Å². The Labute approximate surface area is 120 Å². The van der Waals surface area contributed by atoms with E-state index >= 15 is 0 Å². The number of nitrogens with one attached hydrogen (secondary N) is 1. The molecule has 0 spiro atoms. The highest BCUT2D eigenvalue weighted by molar-refractivity contribution is 7.98. The van der Waals surface area contributed by atoms with Crippen molar-refractivity contribution in [1.82, 2.24) is 10.2 Å². The first kappa shape index (κ1) is 18.1.